The third kappa shape index (κ3) is 3.95. The fraction of sp³-hybridized carbons (Fsp3) is 0.0455. The molecule has 0 bridgehead atoms. The smallest absolute Gasteiger partial charge is 0.267 e. The van der Waals surface area contributed by atoms with Crippen molar-refractivity contribution in [2.75, 3.05) is 11.8 Å². The van der Waals surface area contributed by atoms with E-state index in [4.69, 9.17) is 4.74 Å². The molecule has 0 fully saturated rings. The second kappa shape index (κ2) is 8.43. The first-order chi connectivity index (χ1) is 16.8. The second-order valence-corrected chi connectivity index (χ2v) is 8.93. The number of anilines is 1. The van der Waals surface area contributed by atoms with E-state index in [0.717, 1.165) is 25.4 Å². The van der Waals surface area contributed by atoms with Crippen LogP contribution in [0.4, 0.5) is 18.9 Å². The lowest BCUT2D eigenvalue weighted by Crippen LogP contribution is -2.16. The van der Waals surface area contributed by atoms with E-state index in [2.05, 4.69) is 19.9 Å². The van der Waals surface area contributed by atoms with E-state index >= 15 is 4.39 Å². The molecule has 9 nitrogen and oxygen atoms in total. The number of fused-ring (bicyclic) bond motifs is 1. The number of imidazole rings is 2. The van der Waals surface area contributed by atoms with Gasteiger partial charge in [-0.1, -0.05) is 0 Å². The highest BCUT2D eigenvalue weighted by molar-refractivity contribution is 7.92. The first-order valence-corrected chi connectivity index (χ1v) is 11.4. The van der Waals surface area contributed by atoms with Gasteiger partial charge in [-0.05, 0) is 29.8 Å². The molecule has 0 radical (unpaired) electrons. The van der Waals surface area contributed by atoms with Gasteiger partial charge in [0.15, 0.2) is 22.4 Å². The van der Waals surface area contributed by atoms with E-state index in [1.54, 1.807) is 23.0 Å². The van der Waals surface area contributed by atoms with Gasteiger partial charge in [-0.15, -0.1) is 0 Å². The molecular formula is C22H15F3N6O3S. The Labute approximate surface area is 196 Å². The van der Waals surface area contributed by atoms with Crippen molar-refractivity contribution in [3.8, 4) is 28.7 Å². The van der Waals surface area contributed by atoms with Gasteiger partial charge in [0, 0.05) is 24.7 Å². The number of hydrogen-bond donors (Lipinski definition) is 2. The van der Waals surface area contributed by atoms with E-state index in [0.29, 0.717) is 23.2 Å². The number of aromatic amines is 1. The Bertz CT molecular complexity index is 1670. The van der Waals surface area contributed by atoms with Crippen LogP contribution in [0.2, 0.25) is 0 Å². The Morgan fingerprint density at radius 1 is 1.06 bits per heavy atom. The van der Waals surface area contributed by atoms with Gasteiger partial charge in [0.1, 0.15) is 11.6 Å². The Balaban J connectivity index is 1.56. The zero-order valence-electron chi connectivity index (χ0n) is 17.8. The zero-order chi connectivity index (χ0) is 24.7. The molecule has 0 unspecified atom stereocenters. The SMILES string of the molecule is COc1ncc(F)cc1S(=O)(=O)Nc1ccc(F)c(-c2ccn3c(-c4ncc[nH]4)ncc3c2)c1F. The van der Waals surface area contributed by atoms with E-state index in [1.165, 1.54) is 18.3 Å². The molecule has 4 heterocycles. The molecule has 1 aromatic carbocycles. The lowest BCUT2D eigenvalue weighted by molar-refractivity contribution is 0.382. The van der Waals surface area contributed by atoms with Gasteiger partial charge in [-0.25, -0.2) is 36.5 Å². The highest BCUT2D eigenvalue weighted by Crippen LogP contribution is 2.33. The third-order valence-corrected chi connectivity index (χ3v) is 6.49. The molecule has 0 saturated carbocycles. The van der Waals surface area contributed by atoms with Crippen LogP contribution in [0.5, 0.6) is 5.88 Å². The van der Waals surface area contributed by atoms with Crippen LogP contribution in [0, 0.1) is 17.5 Å². The second-order valence-electron chi connectivity index (χ2n) is 7.28. The van der Waals surface area contributed by atoms with Crippen molar-refractivity contribution >= 4 is 21.2 Å². The number of nitrogens with one attached hydrogen (secondary N) is 2. The van der Waals surface area contributed by atoms with Crippen LogP contribution in [0.15, 0.2) is 66.2 Å². The Morgan fingerprint density at radius 3 is 2.63 bits per heavy atom. The summed E-state index contributed by atoms with van der Waals surface area (Å²) >= 11 is 0. The Kier molecular flexibility index (Phi) is 5.40. The standard InChI is InChI=1S/C22H15F3N6O3S/c1-34-22-17(9-13(23)10-29-22)35(32,33)30-16-3-2-15(24)18(19(16)25)12-4-7-31-14(8-12)11-28-21(31)20-26-5-6-27-20/h2-11,30H,1H3,(H,26,27). The summed E-state index contributed by atoms with van der Waals surface area (Å²) in [6, 6.07) is 5.49. The topological polar surface area (TPSA) is 114 Å². The van der Waals surface area contributed by atoms with Gasteiger partial charge in [-0.3, -0.25) is 9.12 Å². The molecule has 178 valence electrons. The Morgan fingerprint density at radius 2 is 1.89 bits per heavy atom. The summed E-state index contributed by atoms with van der Waals surface area (Å²) < 4.78 is 78.0. The summed E-state index contributed by atoms with van der Waals surface area (Å²) in [4.78, 5) is 14.3. The third-order valence-electron chi connectivity index (χ3n) is 5.13. The number of pyridine rings is 2. The Hall–Kier alpha value is -4.39. The predicted octanol–water partition coefficient (Wildman–Crippen LogP) is 4.01. The van der Waals surface area contributed by atoms with Crippen LogP contribution in [-0.2, 0) is 10.0 Å². The van der Waals surface area contributed by atoms with E-state index < -0.39 is 43.6 Å². The van der Waals surface area contributed by atoms with E-state index in [1.807, 2.05) is 4.72 Å². The molecule has 0 spiro atoms. The van der Waals surface area contributed by atoms with Gasteiger partial charge in [0.25, 0.3) is 10.0 Å². The molecule has 2 N–H and O–H groups in total. The number of ether oxygens (including phenoxy) is 1. The first-order valence-electron chi connectivity index (χ1n) is 9.96. The fourth-order valence-corrected chi connectivity index (χ4v) is 4.76. The van der Waals surface area contributed by atoms with Gasteiger partial charge < -0.3 is 9.72 Å². The van der Waals surface area contributed by atoms with Crippen LogP contribution >= 0.6 is 0 Å². The van der Waals surface area contributed by atoms with Crippen LogP contribution in [0.25, 0.3) is 28.3 Å². The normalized spacial score (nSPS) is 11.7. The summed E-state index contributed by atoms with van der Waals surface area (Å²) in [5.41, 5.74) is -0.339. The molecule has 0 atom stereocenters. The van der Waals surface area contributed by atoms with E-state index in [9.17, 15) is 17.2 Å². The van der Waals surface area contributed by atoms with Crippen molar-refractivity contribution in [1.82, 2.24) is 24.3 Å². The first kappa shape index (κ1) is 22.4. The molecule has 0 aliphatic rings. The van der Waals surface area contributed by atoms with Crippen molar-refractivity contribution in [2.24, 2.45) is 0 Å². The number of aromatic nitrogens is 5. The van der Waals surface area contributed by atoms with Crippen LogP contribution < -0.4 is 9.46 Å². The number of H-pyrrole nitrogens is 1. The number of hydrogen-bond acceptors (Lipinski definition) is 6. The largest absolute Gasteiger partial charge is 0.480 e. The van der Waals surface area contributed by atoms with Crippen LogP contribution in [0.1, 0.15) is 0 Å². The quantitative estimate of drug-likeness (QED) is 0.364. The highest BCUT2D eigenvalue weighted by atomic mass is 32.2. The van der Waals surface area contributed by atoms with Crippen molar-refractivity contribution in [1.29, 1.82) is 0 Å². The highest BCUT2D eigenvalue weighted by Gasteiger charge is 2.25. The predicted molar refractivity (Wildman–Crippen MR) is 120 cm³/mol. The van der Waals surface area contributed by atoms with Gasteiger partial charge in [0.05, 0.1) is 36.3 Å². The number of methoxy groups -OCH3 is 1. The van der Waals surface area contributed by atoms with Gasteiger partial charge in [0.2, 0.25) is 5.88 Å². The van der Waals surface area contributed by atoms with Crippen LogP contribution in [0.3, 0.4) is 0 Å². The minimum atomic E-state index is -4.53. The zero-order valence-corrected chi connectivity index (χ0v) is 18.6. The molecule has 0 amide bonds. The van der Waals surface area contributed by atoms with Crippen molar-refractivity contribution in [3.05, 3.63) is 78.8 Å². The van der Waals surface area contributed by atoms with Crippen molar-refractivity contribution in [2.45, 2.75) is 4.90 Å². The summed E-state index contributed by atoms with van der Waals surface area (Å²) in [6.07, 6.45) is 7.05. The average molecular weight is 500 g/mol. The number of nitrogens with zero attached hydrogens (tertiary/aromatic N) is 4. The van der Waals surface area contributed by atoms with E-state index in [-0.39, 0.29) is 11.4 Å². The molecule has 5 aromatic rings. The van der Waals surface area contributed by atoms with Crippen LogP contribution in [-0.4, -0.2) is 39.9 Å². The van der Waals surface area contributed by atoms with Crippen molar-refractivity contribution < 1.29 is 26.3 Å². The summed E-state index contributed by atoms with van der Waals surface area (Å²) in [5.74, 6) is -2.39. The summed E-state index contributed by atoms with van der Waals surface area (Å²) in [7, 11) is -3.38. The molecular weight excluding hydrogens is 485 g/mol. The molecule has 35 heavy (non-hydrogen) atoms. The number of sulfonamides is 1. The minimum Gasteiger partial charge on any atom is -0.480 e. The number of rotatable bonds is 6. The fourth-order valence-electron chi connectivity index (χ4n) is 3.57. The van der Waals surface area contributed by atoms with Gasteiger partial charge in [-0.2, -0.15) is 0 Å². The lowest BCUT2D eigenvalue weighted by atomic mass is 10.0. The molecule has 4 aromatic heterocycles. The maximum atomic E-state index is 15.4. The maximum absolute atomic E-state index is 15.4. The molecule has 5 rings (SSSR count). The molecule has 0 aliphatic heterocycles. The van der Waals surface area contributed by atoms with Crippen molar-refractivity contribution in [3.63, 3.8) is 0 Å². The summed E-state index contributed by atoms with van der Waals surface area (Å²) in [5, 5.41) is 0. The van der Waals surface area contributed by atoms with Gasteiger partial charge >= 0.3 is 0 Å². The minimum absolute atomic E-state index is 0.143. The average Bonchev–Trinajstić information content (AvgIpc) is 3.50. The molecule has 0 saturated heterocycles. The molecule has 0 aliphatic carbocycles. The maximum Gasteiger partial charge on any atom is 0.267 e. The number of halogens is 3. The molecule has 13 heteroatoms. The number of benzene rings is 1. The monoisotopic (exact) mass is 500 g/mol. The summed E-state index contributed by atoms with van der Waals surface area (Å²) in [6.45, 7) is 0. The lowest BCUT2D eigenvalue weighted by Gasteiger charge is -2.14.